The van der Waals surface area contributed by atoms with Gasteiger partial charge in [0.15, 0.2) is 0 Å². The summed E-state index contributed by atoms with van der Waals surface area (Å²) in [4.78, 5) is 16.4. The number of hydrogen-bond donors (Lipinski definition) is 1. The van der Waals surface area contributed by atoms with E-state index in [4.69, 9.17) is 24.3 Å². The Labute approximate surface area is 308 Å². The lowest BCUT2D eigenvalue weighted by atomic mass is 9.49. The van der Waals surface area contributed by atoms with Crippen molar-refractivity contribution in [3.8, 4) is 39.8 Å². The van der Waals surface area contributed by atoms with E-state index in [-0.39, 0.29) is 17.3 Å². The summed E-state index contributed by atoms with van der Waals surface area (Å²) in [5.41, 5.74) is 9.54. The van der Waals surface area contributed by atoms with Crippen LogP contribution in [0.15, 0.2) is 78.9 Å². The summed E-state index contributed by atoms with van der Waals surface area (Å²) >= 11 is 0. The monoisotopic (exact) mass is 700 g/mol. The van der Waals surface area contributed by atoms with Crippen LogP contribution in [0.25, 0.3) is 33.5 Å². The normalized spacial score (nSPS) is 21.1. The highest BCUT2D eigenvalue weighted by molar-refractivity contribution is 5.89. The molecule has 7 rings (SSSR count). The number of ether oxygens (including phenoxy) is 3. The van der Waals surface area contributed by atoms with Crippen LogP contribution in [0.2, 0.25) is 0 Å². The van der Waals surface area contributed by atoms with Gasteiger partial charge in [-0.1, -0.05) is 82.6 Å². The highest BCUT2D eigenvalue weighted by atomic mass is 16.5. The predicted molar refractivity (Wildman–Crippen MR) is 208 cm³/mol. The third-order valence-electron chi connectivity index (χ3n) is 12.1. The van der Waals surface area contributed by atoms with Gasteiger partial charge in [-0.2, -0.15) is 0 Å². The van der Waals surface area contributed by atoms with Gasteiger partial charge >= 0.3 is 5.97 Å². The van der Waals surface area contributed by atoms with E-state index in [1.807, 2.05) is 36.4 Å². The van der Waals surface area contributed by atoms with Crippen LogP contribution in [-0.2, 0) is 23.2 Å². The molecule has 0 radical (unpaired) electrons. The summed E-state index contributed by atoms with van der Waals surface area (Å²) in [6.07, 6.45) is 6.30. The zero-order valence-electron chi connectivity index (χ0n) is 31.5. The Kier molecular flexibility index (Phi) is 9.81. The summed E-state index contributed by atoms with van der Waals surface area (Å²) in [6.45, 7) is 10.7. The summed E-state index contributed by atoms with van der Waals surface area (Å²) in [7, 11) is 3.42. The Morgan fingerprint density at radius 1 is 0.942 bits per heavy atom. The maximum Gasteiger partial charge on any atom is 0.303 e. The minimum absolute atomic E-state index is 0.00948. The van der Waals surface area contributed by atoms with E-state index in [9.17, 15) is 4.79 Å². The summed E-state index contributed by atoms with van der Waals surface area (Å²) < 4.78 is 20.4. The molecule has 4 aromatic carbocycles. The lowest BCUT2D eigenvalue weighted by Gasteiger charge is -2.56. The summed E-state index contributed by atoms with van der Waals surface area (Å²) in [5.74, 6) is 3.16. The number of nitrogens with zero attached hydrogens (tertiary/aromatic N) is 2. The van der Waals surface area contributed by atoms with Crippen molar-refractivity contribution in [2.24, 2.45) is 11.3 Å². The van der Waals surface area contributed by atoms with Crippen molar-refractivity contribution >= 4 is 17.0 Å². The van der Waals surface area contributed by atoms with Gasteiger partial charge < -0.3 is 23.9 Å². The molecule has 52 heavy (non-hydrogen) atoms. The van der Waals surface area contributed by atoms with Crippen LogP contribution < -0.4 is 14.2 Å². The Bertz CT molecular complexity index is 2090. The third-order valence-corrected chi connectivity index (χ3v) is 12.1. The Morgan fingerprint density at radius 3 is 2.44 bits per heavy atom. The minimum Gasteiger partial charge on any atom is -0.496 e. The average Bonchev–Trinajstić information content (AvgIpc) is 3.48. The van der Waals surface area contributed by atoms with E-state index in [1.165, 1.54) is 30.4 Å². The molecule has 1 fully saturated rings. The van der Waals surface area contributed by atoms with Gasteiger partial charge in [0.1, 0.15) is 23.1 Å². The predicted octanol–water partition coefficient (Wildman–Crippen LogP) is 10.5. The van der Waals surface area contributed by atoms with E-state index in [2.05, 4.69) is 74.7 Å². The summed E-state index contributed by atoms with van der Waals surface area (Å²) in [5, 5.41) is 9.05. The largest absolute Gasteiger partial charge is 0.496 e. The van der Waals surface area contributed by atoms with Crippen LogP contribution in [0, 0.1) is 11.3 Å². The molecule has 2 aliphatic carbocycles. The summed E-state index contributed by atoms with van der Waals surface area (Å²) in [6, 6.07) is 27.8. The molecule has 2 aliphatic rings. The average molecular weight is 701 g/mol. The van der Waals surface area contributed by atoms with Crippen LogP contribution in [0.1, 0.15) is 88.8 Å². The first kappa shape index (κ1) is 35.6. The number of benzene rings is 4. The van der Waals surface area contributed by atoms with Crippen LogP contribution in [0.4, 0.5) is 0 Å². The fraction of sp³-hybridized carbons (Fsp3) is 0.422. The number of carboxylic acid groups (broad SMARTS) is 1. The molecule has 7 heteroatoms. The van der Waals surface area contributed by atoms with Crippen molar-refractivity contribution in [3.05, 3.63) is 95.6 Å². The maximum absolute atomic E-state index is 11.0. The van der Waals surface area contributed by atoms with Crippen molar-refractivity contribution in [2.45, 2.75) is 90.5 Å². The lowest BCUT2D eigenvalue weighted by molar-refractivity contribution is -0.137. The molecule has 0 bridgehead atoms. The van der Waals surface area contributed by atoms with E-state index < -0.39 is 5.97 Å². The number of aliphatic carboxylic acids is 1. The van der Waals surface area contributed by atoms with Crippen molar-refractivity contribution in [1.82, 2.24) is 9.55 Å². The van der Waals surface area contributed by atoms with E-state index in [0.29, 0.717) is 36.4 Å². The second kappa shape index (κ2) is 14.3. The Balaban J connectivity index is 1.34. The van der Waals surface area contributed by atoms with Gasteiger partial charge in [0.2, 0.25) is 0 Å². The molecule has 3 atom stereocenters. The van der Waals surface area contributed by atoms with Gasteiger partial charge in [-0.05, 0) is 95.2 Å². The molecule has 0 aliphatic heterocycles. The SMILES string of the molecule is COc1cc2c(cc1-c1ccccc1)nc(-c1ccc(OCCCC(=O)O)cc1OC)n2C[C@]1(C)CCC[C@]2(C)c3ccc(C(C)C)cc3CC[C@@H]12. The third kappa shape index (κ3) is 6.55. The molecule has 0 unspecified atom stereocenters. The number of aromatic nitrogens is 2. The molecule has 1 aromatic heterocycles. The fourth-order valence-electron chi connectivity index (χ4n) is 9.44. The Hall–Kier alpha value is -4.78. The number of aryl methyl sites for hydroxylation is 1. The molecule has 0 saturated heterocycles. The number of carbonyl (C=O) groups is 1. The van der Waals surface area contributed by atoms with Crippen LogP contribution in [0.5, 0.6) is 17.2 Å². The molecule has 272 valence electrons. The highest BCUT2D eigenvalue weighted by Crippen LogP contribution is 2.58. The molecule has 5 aromatic rings. The van der Waals surface area contributed by atoms with Crippen molar-refractivity contribution in [1.29, 1.82) is 0 Å². The molecule has 1 heterocycles. The quantitative estimate of drug-likeness (QED) is 0.130. The molecular weight excluding hydrogens is 649 g/mol. The van der Waals surface area contributed by atoms with Crippen LogP contribution >= 0.6 is 0 Å². The topological polar surface area (TPSA) is 82.8 Å². The van der Waals surface area contributed by atoms with Crippen molar-refractivity contribution in [3.63, 3.8) is 0 Å². The second-order valence-corrected chi connectivity index (χ2v) is 15.7. The Morgan fingerprint density at radius 2 is 1.71 bits per heavy atom. The van der Waals surface area contributed by atoms with E-state index in [0.717, 1.165) is 58.7 Å². The molecule has 1 N–H and O–H groups in total. The molecule has 1 saturated carbocycles. The second-order valence-electron chi connectivity index (χ2n) is 15.7. The van der Waals surface area contributed by atoms with Gasteiger partial charge in [0, 0.05) is 30.7 Å². The fourth-order valence-corrected chi connectivity index (χ4v) is 9.44. The van der Waals surface area contributed by atoms with Gasteiger partial charge in [-0.15, -0.1) is 0 Å². The molecular formula is C45H52N2O5. The van der Waals surface area contributed by atoms with Gasteiger partial charge in [-0.3, -0.25) is 4.79 Å². The molecule has 0 amide bonds. The number of carboxylic acids is 1. The van der Waals surface area contributed by atoms with Crippen molar-refractivity contribution in [2.75, 3.05) is 20.8 Å². The molecule has 0 spiro atoms. The van der Waals surface area contributed by atoms with Gasteiger partial charge in [-0.25, -0.2) is 4.98 Å². The van der Waals surface area contributed by atoms with E-state index in [1.54, 1.807) is 19.8 Å². The van der Waals surface area contributed by atoms with Gasteiger partial charge in [0.05, 0.1) is 37.4 Å². The molecule has 7 nitrogen and oxygen atoms in total. The van der Waals surface area contributed by atoms with Gasteiger partial charge in [0.25, 0.3) is 0 Å². The smallest absolute Gasteiger partial charge is 0.303 e. The maximum atomic E-state index is 11.0. The zero-order chi connectivity index (χ0) is 36.6. The van der Waals surface area contributed by atoms with Crippen LogP contribution in [-0.4, -0.2) is 41.5 Å². The number of hydrogen-bond acceptors (Lipinski definition) is 5. The lowest BCUT2D eigenvalue weighted by Crippen LogP contribution is -2.50. The van der Waals surface area contributed by atoms with Crippen LogP contribution in [0.3, 0.4) is 0 Å². The van der Waals surface area contributed by atoms with Crippen molar-refractivity contribution < 1.29 is 24.1 Å². The van der Waals surface area contributed by atoms with E-state index >= 15 is 0 Å². The zero-order valence-corrected chi connectivity index (χ0v) is 31.5. The number of imidazole rings is 1. The standard InChI is InChI=1S/C45H52N2O5/c1-29(2)31-15-19-36-32(24-31)16-20-41-44(3,21-11-22-45(36,41)4)28-47-38-27-40(51-6)35(30-12-8-7-9-13-30)26-37(38)46-43(47)34-18-17-33(25-39(34)50-5)52-23-10-14-42(48)49/h7-9,12-13,15,17-19,24-27,29,41H,10-11,14,16,20-23,28H2,1-6H3,(H,48,49)/t41-,44-,45+/m0/s1. The minimum atomic E-state index is -0.827. The number of fused-ring (bicyclic) bond motifs is 4. The first-order chi connectivity index (χ1) is 25.0. The number of methoxy groups -OCH3 is 2. The first-order valence-corrected chi connectivity index (χ1v) is 18.8. The number of rotatable bonds is 12. The first-order valence-electron chi connectivity index (χ1n) is 18.8. The highest BCUT2D eigenvalue weighted by Gasteiger charge is 2.52.